The van der Waals surface area contributed by atoms with Gasteiger partial charge in [0, 0.05) is 0 Å². The molecule has 1 aromatic rings. The molecule has 0 N–H and O–H groups in total. The lowest BCUT2D eigenvalue weighted by atomic mass is 10.2. The van der Waals surface area contributed by atoms with Crippen molar-refractivity contribution in [2.45, 2.75) is 19.3 Å². The van der Waals surface area contributed by atoms with Gasteiger partial charge < -0.3 is 0 Å². The molecule has 1 aliphatic carbocycles. The molecule has 0 atom stereocenters. The van der Waals surface area contributed by atoms with E-state index in [0.717, 1.165) is 18.5 Å². The van der Waals surface area contributed by atoms with Crippen molar-refractivity contribution in [2.75, 3.05) is 0 Å². The second kappa shape index (κ2) is 2.46. The fourth-order valence-electron chi connectivity index (χ4n) is 1.45. The van der Waals surface area contributed by atoms with Crippen LogP contribution >= 0.6 is 0 Å². The zero-order valence-electron chi connectivity index (χ0n) is 6.38. The third-order valence-corrected chi connectivity index (χ3v) is 2.05. The van der Waals surface area contributed by atoms with Crippen molar-refractivity contribution in [3.05, 3.63) is 29.6 Å². The zero-order valence-corrected chi connectivity index (χ0v) is 6.38. The number of fused-ring (bicyclic) bond motifs is 1. The summed E-state index contributed by atoms with van der Waals surface area (Å²) in [5, 5.41) is 8.11. The molecule has 0 aromatic carbocycles. The zero-order chi connectivity index (χ0) is 7.68. The van der Waals surface area contributed by atoms with Gasteiger partial charge in [-0.15, -0.1) is 0 Å². The van der Waals surface area contributed by atoms with E-state index in [1.165, 1.54) is 17.7 Å². The summed E-state index contributed by atoms with van der Waals surface area (Å²) in [7, 11) is 0. The van der Waals surface area contributed by atoms with E-state index in [9.17, 15) is 0 Å². The third-order valence-electron chi connectivity index (χ3n) is 2.05. The van der Waals surface area contributed by atoms with Crippen molar-refractivity contribution in [2.24, 2.45) is 0 Å². The Morgan fingerprint density at radius 2 is 2.27 bits per heavy atom. The first-order valence-electron chi connectivity index (χ1n) is 3.88. The van der Waals surface area contributed by atoms with Crippen LogP contribution in [-0.2, 0) is 12.8 Å². The number of aryl methyl sites for hydroxylation is 2. The lowest BCUT2D eigenvalue weighted by molar-refractivity contribution is 0.877. The Morgan fingerprint density at radius 1 is 1.36 bits per heavy atom. The molecule has 0 bridgehead atoms. The highest BCUT2D eigenvalue weighted by molar-refractivity contribution is 5.43. The molecule has 0 radical (unpaired) electrons. The van der Waals surface area contributed by atoms with Gasteiger partial charge in [-0.1, -0.05) is 6.58 Å². The minimum absolute atomic E-state index is 0.894. The van der Waals surface area contributed by atoms with Crippen molar-refractivity contribution < 1.29 is 0 Å². The van der Waals surface area contributed by atoms with E-state index in [0.29, 0.717) is 0 Å². The maximum absolute atomic E-state index is 4.11. The van der Waals surface area contributed by atoms with Crippen molar-refractivity contribution in [1.29, 1.82) is 0 Å². The molecule has 11 heavy (non-hydrogen) atoms. The lowest BCUT2D eigenvalue weighted by Gasteiger charge is -1.96. The average Bonchev–Trinajstić information content (AvgIpc) is 2.50. The van der Waals surface area contributed by atoms with Crippen molar-refractivity contribution >= 4 is 6.08 Å². The predicted octanol–water partition coefficient (Wildman–Crippen LogP) is 1.61. The van der Waals surface area contributed by atoms with Gasteiger partial charge in [0.1, 0.15) is 0 Å². The van der Waals surface area contributed by atoms with Gasteiger partial charge in [0.15, 0.2) is 0 Å². The standard InChI is InChI=1S/C9H10N2/c1-2-8-6-7-4-3-5-9(7)11-10-8/h2,6H,1,3-5H2. The second-order valence-corrected chi connectivity index (χ2v) is 2.80. The minimum Gasteiger partial charge on any atom is -0.155 e. The van der Waals surface area contributed by atoms with Crippen molar-refractivity contribution in [3.8, 4) is 0 Å². The van der Waals surface area contributed by atoms with Gasteiger partial charge in [0.25, 0.3) is 0 Å². The molecule has 56 valence electrons. The largest absolute Gasteiger partial charge is 0.155 e. The number of rotatable bonds is 1. The van der Waals surface area contributed by atoms with E-state index in [1.54, 1.807) is 6.08 Å². The number of hydrogen-bond donors (Lipinski definition) is 0. The van der Waals surface area contributed by atoms with Crippen LogP contribution in [0, 0.1) is 0 Å². The van der Waals surface area contributed by atoms with Gasteiger partial charge in [-0.25, -0.2) is 0 Å². The van der Waals surface area contributed by atoms with E-state index >= 15 is 0 Å². The lowest BCUT2D eigenvalue weighted by Crippen LogP contribution is -1.93. The van der Waals surface area contributed by atoms with Crippen LogP contribution in [0.2, 0.25) is 0 Å². The first-order valence-corrected chi connectivity index (χ1v) is 3.88. The molecule has 0 spiro atoms. The first-order chi connectivity index (χ1) is 5.40. The van der Waals surface area contributed by atoms with Crippen molar-refractivity contribution in [1.82, 2.24) is 10.2 Å². The van der Waals surface area contributed by atoms with Gasteiger partial charge in [-0.3, -0.25) is 0 Å². The highest BCUT2D eigenvalue weighted by atomic mass is 15.1. The minimum atomic E-state index is 0.894. The Hall–Kier alpha value is -1.18. The molecule has 1 aromatic heterocycles. The molecule has 0 saturated carbocycles. The smallest absolute Gasteiger partial charge is 0.0854 e. The first kappa shape index (κ1) is 6.53. The summed E-state index contributed by atoms with van der Waals surface area (Å²) in [6.07, 6.45) is 5.22. The fraction of sp³-hybridized carbons (Fsp3) is 0.333. The fourth-order valence-corrected chi connectivity index (χ4v) is 1.45. The summed E-state index contributed by atoms with van der Waals surface area (Å²) in [4.78, 5) is 0. The van der Waals surface area contributed by atoms with Crippen LogP contribution in [0.25, 0.3) is 6.08 Å². The Balaban J connectivity index is 2.48. The molecule has 2 heteroatoms. The van der Waals surface area contributed by atoms with Gasteiger partial charge in [0.05, 0.1) is 11.4 Å². The molecule has 0 aliphatic heterocycles. The van der Waals surface area contributed by atoms with E-state index in [-0.39, 0.29) is 0 Å². The quantitative estimate of drug-likeness (QED) is 0.601. The molecule has 0 saturated heterocycles. The normalized spacial score (nSPS) is 14.5. The Labute approximate surface area is 66.0 Å². The number of hydrogen-bond acceptors (Lipinski definition) is 2. The summed E-state index contributed by atoms with van der Waals surface area (Å²) < 4.78 is 0. The molecule has 0 amide bonds. The summed E-state index contributed by atoms with van der Waals surface area (Å²) >= 11 is 0. The molecule has 2 rings (SSSR count). The SMILES string of the molecule is C=Cc1cc2c(nn1)CCC2. The van der Waals surface area contributed by atoms with Crippen LogP contribution in [0.5, 0.6) is 0 Å². The van der Waals surface area contributed by atoms with Crippen LogP contribution in [0.1, 0.15) is 23.4 Å². The highest BCUT2D eigenvalue weighted by Crippen LogP contribution is 2.19. The van der Waals surface area contributed by atoms with E-state index in [1.807, 2.05) is 0 Å². The van der Waals surface area contributed by atoms with E-state index < -0.39 is 0 Å². The topological polar surface area (TPSA) is 25.8 Å². The monoisotopic (exact) mass is 146 g/mol. The molecule has 0 unspecified atom stereocenters. The average molecular weight is 146 g/mol. The third kappa shape index (κ3) is 1.04. The van der Waals surface area contributed by atoms with Crippen LogP contribution in [-0.4, -0.2) is 10.2 Å². The molecule has 1 heterocycles. The number of nitrogens with zero attached hydrogens (tertiary/aromatic N) is 2. The summed E-state index contributed by atoms with van der Waals surface area (Å²) in [5.74, 6) is 0. The highest BCUT2D eigenvalue weighted by Gasteiger charge is 2.12. The molecular weight excluding hydrogens is 136 g/mol. The van der Waals surface area contributed by atoms with Gasteiger partial charge in [0.2, 0.25) is 0 Å². The van der Waals surface area contributed by atoms with Gasteiger partial charge in [-0.2, -0.15) is 10.2 Å². The van der Waals surface area contributed by atoms with Gasteiger partial charge in [-0.05, 0) is 37.0 Å². The molecule has 1 aliphatic rings. The predicted molar refractivity (Wildman–Crippen MR) is 44.1 cm³/mol. The summed E-state index contributed by atoms with van der Waals surface area (Å²) in [6, 6.07) is 2.09. The number of aromatic nitrogens is 2. The Morgan fingerprint density at radius 3 is 3.09 bits per heavy atom. The van der Waals surface area contributed by atoms with E-state index in [2.05, 4.69) is 22.8 Å². The maximum atomic E-state index is 4.11. The Kier molecular flexibility index (Phi) is 1.46. The molecule has 0 fully saturated rings. The van der Waals surface area contributed by atoms with Crippen molar-refractivity contribution in [3.63, 3.8) is 0 Å². The van der Waals surface area contributed by atoms with E-state index in [4.69, 9.17) is 0 Å². The second-order valence-electron chi connectivity index (χ2n) is 2.80. The Bertz CT molecular complexity index is 292. The molecular formula is C9H10N2. The van der Waals surface area contributed by atoms with Crippen LogP contribution < -0.4 is 0 Å². The van der Waals surface area contributed by atoms with Crippen LogP contribution in [0.3, 0.4) is 0 Å². The maximum Gasteiger partial charge on any atom is 0.0854 e. The van der Waals surface area contributed by atoms with Crippen LogP contribution in [0.4, 0.5) is 0 Å². The summed E-state index contributed by atoms with van der Waals surface area (Å²) in [5.41, 5.74) is 3.43. The summed E-state index contributed by atoms with van der Waals surface area (Å²) in [6.45, 7) is 3.65. The van der Waals surface area contributed by atoms with Gasteiger partial charge >= 0.3 is 0 Å². The van der Waals surface area contributed by atoms with Crippen LogP contribution in [0.15, 0.2) is 12.6 Å². The molecule has 2 nitrogen and oxygen atoms in total.